The molecule has 0 saturated heterocycles. The zero-order valence-corrected chi connectivity index (χ0v) is 12.4. The summed E-state index contributed by atoms with van der Waals surface area (Å²) in [4.78, 5) is 21.9. The van der Waals surface area contributed by atoms with Crippen LogP contribution < -0.4 is 16.2 Å². The molecule has 0 amide bonds. The number of nitrogens with one attached hydrogen (secondary N) is 1. The van der Waals surface area contributed by atoms with E-state index in [1.54, 1.807) is 12.1 Å². The van der Waals surface area contributed by atoms with Gasteiger partial charge in [-0.05, 0) is 31.0 Å². The molecule has 3 N–H and O–H groups in total. The lowest BCUT2D eigenvalue weighted by atomic mass is 10.1. The van der Waals surface area contributed by atoms with Crippen molar-refractivity contribution in [3.8, 4) is 0 Å². The Labute approximate surface area is 124 Å². The first-order valence-corrected chi connectivity index (χ1v) is 7.67. The van der Waals surface area contributed by atoms with Gasteiger partial charge in [-0.2, -0.15) is 0 Å². The Morgan fingerprint density at radius 1 is 1.24 bits per heavy atom. The minimum absolute atomic E-state index is 0.122. The molecule has 1 aromatic carbocycles. The molecular weight excluding hydrogens is 264 g/mol. The van der Waals surface area contributed by atoms with Crippen molar-refractivity contribution in [2.24, 2.45) is 0 Å². The van der Waals surface area contributed by atoms with Crippen molar-refractivity contribution in [1.29, 1.82) is 0 Å². The third-order valence-corrected chi connectivity index (χ3v) is 4.42. The summed E-state index contributed by atoms with van der Waals surface area (Å²) >= 11 is 0. The second-order valence-corrected chi connectivity index (χ2v) is 5.92. The minimum atomic E-state index is -0.122. The Morgan fingerprint density at radius 2 is 1.95 bits per heavy atom. The molecule has 1 aromatic heterocycles. The van der Waals surface area contributed by atoms with Crippen molar-refractivity contribution in [2.75, 3.05) is 17.7 Å². The number of nitrogen functional groups attached to an aromatic ring is 1. The van der Waals surface area contributed by atoms with Crippen LogP contribution in [0.4, 0.5) is 11.6 Å². The van der Waals surface area contributed by atoms with E-state index < -0.39 is 0 Å². The average molecular weight is 286 g/mol. The fourth-order valence-electron chi connectivity index (χ4n) is 3.13. The standard InChI is InChI=1S/C16H22N4O/c1-20(12-6-4-2-3-5-7-12)16-18-14-9-8-11(17)10-13(14)15(21)19-16/h8-10,12H,2-7,17H2,1H3,(H,18,19,21). The molecule has 1 fully saturated rings. The number of nitrogens with two attached hydrogens (primary N) is 1. The Balaban J connectivity index is 1.96. The number of hydrogen-bond acceptors (Lipinski definition) is 4. The van der Waals surface area contributed by atoms with Gasteiger partial charge in [0.05, 0.1) is 10.9 Å². The van der Waals surface area contributed by atoms with Gasteiger partial charge in [0.2, 0.25) is 5.95 Å². The number of benzene rings is 1. The highest BCUT2D eigenvalue weighted by molar-refractivity contribution is 5.81. The molecule has 1 aliphatic carbocycles. The lowest BCUT2D eigenvalue weighted by Crippen LogP contribution is -2.33. The Morgan fingerprint density at radius 3 is 2.67 bits per heavy atom. The number of nitrogens with zero attached hydrogens (tertiary/aromatic N) is 2. The summed E-state index contributed by atoms with van der Waals surface area (Å²) in [6.45, 7) is 0. The third kappa shape index (κ3) is 2.86. The smallest absolute Gasteiger partial charge is 0.260 e. The van der Waals surface area contributed by atoms with Gasteiger partial charge in [-0.1, -0.05) is 25.7 Å². The van der Waals surface area contributed by atoms with E-state index in [-0.39, 0.29) is 5.56 Å². The monoisotopic (exact) mass is 286 g/mol. The van der Waals surface area contributed by atoms with Gasteiger partial charge >= 0.3 is 0 Å². The summed E-state index contributed by atoms with van der Waals surface area (Å²) in [5.74, 6) is 0.657. The van der Waals surface area contributed by atoms with Crippen molar-refractivity contribution < 1.29 is 0 Å². The van der Waals surface area contributed by atoms with Gasteiger partial charge in [0.1, 0.15) is 0 Å². The maximum atomic E-state index is 12.2. The SMILES string of the molecule is CN(c1nc2ccc(N)cc2c(=O)[nH]1)C1CCCCCC1. The summed E-state index contributed by atoms with van der Waals surface area (Å²) in [5.41, 5.74) is 6.89. The van der Waals surface area contributed by atoms with Crippen molar-refractivity contribution in [1.82, 2.24) is 9.97 Å². The molecule has 0 unspecified atom stereocenters. The summed E-state index contributed by atoms with van der Waals surface area (Å²) in [7, 11) is 2.03. The molecule has 0 spiro atoms. The van der Waals surface area contributed by atoms with E-state index in [2.05, 4.69) is 14.9 Å². The van der Waals surface area contributed by atoms with Crippen molar-refractivity contribution in [3.63, 3.8) is 0 Å². The topological polar surface area (TPSA) is 75.0 Å². The predicted molar refractivity (Wildman–Crippen MR) is 86.7 cm³/mol. The van der Waals surface area contributed by atoms with Crippen LogP contribution in [0.15, 0.2) is 23.0 Å². The minimum Gasteiger partial charge on any atom is -0.399 e. The predicted octanol–water partition coefficient (Wildman–Crippen LogP) is 2.66. The van der Waals surface area contributed by atoms with Gasteiger partial charge in [-0.3, -0.25) is 9.78 Å². The molecule has 21 heavy (non-hydrogen) atoms. The maximum Gasteiger partial charge on any atom is 0.260 e. The highest BCUT2D eigenvalue weighted by Crippen LogP contribution is 2.24. The Hall–Kier alpha value is -2.04. The first kappa shape index (κ1) is 13.9. The van der Waals surface area contributed by atoms with Crippen LogP contribution in [0.2, 0.25) is 0 Å². The van der Waals surface area contributed by atoms with Crippen LogP contribution in [0, 0.1) is 0 Å². The molecule has 3 rings (SSSR count). The summed E-state index contributed by atoms with van der Waals surface area (Å²) in [6.07, 6.45) is 7.46. The van der Waals surface area contributed by atoms with Crippen LogP contribution >= 0.6 is 0 Å². The summed E-state index contributed by atoms with van der Waals surface area (Å²) in [5, 5.41) is 0.549. The van der Waals surface area contributed by atoms with Crippen molar-refractivity contribution >= 4 is 22.5 Å². The van der Waals surface area contributed by atoms with Crippen molar-refractivity contribution in [2.45, 2.75) is 44.6 Å². The molecule has 0 atom stereocenters. The Bertz CT molecular complexity index is 686. The summed E-state index contributed by atoms with van der Waals surface area (Å²) in [6, 6.07) is 5.73. The van der Waals surface area contributed by atoms with E-state index in [1.807, 2.05) is 13.1 Å². The molecule has 2 aromatic rings. The molecule has 0 aliphatic heterocycles. The van der Waals surface area contributed by atoms with Gasteiger partial charge < -0.3 is 10.6 Å². The first-order chi connectivity index (χ1) is 10.1. The zero-order chi connectivity index (χ0) is 14.8. The van der Waals surface area contributed by atoms with Crippen molar-refractivity contribution in [3.05, 3.63) is 28.6 Å². The molecule has 1 heterocycles. The number of anilines is 2. The average Bonchev–Trinajstić information content (AvgIpc) is 2.76. The van der Waals surface area contributed by atoms with Crippen LogP contribution in [0.5, 0.6) is 0 Å². The third-order valence-electron chi connectivity index (χ3n) is 4.42. The van der Waals surface area contributed by atoms with E-state index in [0.29, 0.717) is 28.6 Å². The van der Waals surface area contributed by atoms with Gasteiger partial charge in [0, 0.05) is 18.8 Å². The second kappa shape index (κ2) is 5.76. The van der Waals surface area contributed by atoms with E-state index in [9.17, 15) is 4.79 Å². The van der Waals surface area contributed by atoms with Gasteiger partial charge in [-0.25, -0.2) is 4.98 Å². The van der Waals surface area contributed by atoms with E-state index in [0.717, 1.165) is 0 Å². The molecule has 112 valence electrons. The quantitative estimate of drug-likeness (QED) is 0.657. The van der Waals surface area contributed by atoms with Crippen LogP contribution in [0.1, 0.15) is 38.5 Å². The highest BCUT2D eigenvalue weighted by Gasteiger charge is 2.19. The lowest BCUT2D eigenvalue weighted by molar-refractivity contribution is 0.545. The van der Waals surface area contributed by atoms with E-state index in [1.165, 1.54) is 38.5 Å². The van der Waals surface area contributed by atoms with E-state index >= 15 is 0 Å². The number of aromatic nitrogens is 2. The largest absolute Gasteiger partial charge is 0.399 e. The van der Waals surface area contributed by atoms with Crippen LogP contribution in [-0.2, 0) is 0 Å². The zero-order valence-electron chi connectivity index (χ0n) is 12.4. The second-order valence-electron chi connectivity index (χ2n) is 5.92. The van der Waals surface area contributed by atoms with Gasteiger partial charge in [-0.15, -0.1) is 0 Å². The fourth-order valence-corrected chi connectivity index (χ4v) is 3.13. The molecular formula is C16H22N4O. The van der Waals surface area contributed by atoms with Crippen LogP contribution in [0.3, 0.4) is 0 Å². The number of H-pyrrole nitrogens is 1. The molecule has 5 heteroatoms. The molecule has 5 nitrogen and oxygen atoms in total. The fraction of sp³-hybridized carbons (Fsp3) is 0.500. The van der Waals surface area contributed by atoms with Crippen LogP contribution in [-0.4, -0.2) is 23.1 Å². The highest BCUT2D eigenvalue weighted by atomic mass is 16.1. The lowest BCUT2D eigenvalue weighted by Gasteiger charge is -2.27. The van der Waals surface area contributed by atoms with Gasteiger partial charge in [0.25, 0.3) is 5.56 Å². The molecule has 0 bridgehead atoms. The van der Waals surface area contributed by atoms with E-state index in [4.69, 9.17) is 5.73 Å². The number of fused-ring (bicyclic) bond motifs is 1. The Kier molecular flexibility index (Phi) is 3.82. The number of aromatic amines is 1. The number of hydrogen-bond donors (Lipinski definition) is 2. The molecule has 0 radical (unpaired) electrons. The normalized spacial score (nSPS) is 16.8. The van der Waals surface area contributed by atoms with Crippen LogP contribution in [0.25, 0.3) is 10.9 Å². The first-order valence-electron chi connectivity index (χ1n) is 7.67. The molecule has 1 aliphatic rings. The van der Waals surface area contributed by atoms with Gasteiger partial charge in [0.15, 0.2) is 0 Å². The maximum absolute atomic E-state index is 12.2. The number of rotatable bonds is 2. The molecule has 1 saturated carbocycles. The summed E-state index contributed by atoms with van der Waals surface area (Å²) < 4.78 is 0.